The first-order valence-corrected chi connectivity index (χ1v) is 8.44. The second kappa shape index (κ2) is 7.13. The third-order valence-electron chi connectivity index (χ3n) is 5.14. The summed E-state index contributed by atoms with van der Waals surface area (Å²) in [6, 6.07) is 0. The Labute approximate surface area is 131 Å². The van der Waals surface area contributed by atoms with E-state index in [4.69, 9.17) is 4.74 Å². The van der Waals surface area contributed by atoms with E-state index in [0.29, 0.717) is 5.41 Å². The lowest BCUT2D eigenvalue weighted by molar-refractivity contribution is -0.132. The molecule has 21 heavy (non-hydrogen) atoms. The molecule has 0 aliphatic carbocycles. The van der Waals surface area contributed by atoms with Gasteiger partial charge in [-0.2, -0.15) is 0 Å². The third-order valence-corrected chi connectivity index (χ3v) is 5.14. The molecule has 2 saturated heterocycles. The number of likely N-dealkylation sites (tertiary alicyclic amines) is 1. The quantitative estimate of drug-likeness (QED) is 0.744. The van der Waals surface area contributed by atoms with Gasteiger partial charge in [-0.1, -0.05) is 18.8 Å². The van der Waals surface area contributed by atoms with E-state index >= 15 is 0 Å². The van der Waals surface area contributed by atoms with Gasteiger partial charge >= 0.3 is 0 Å². The van der Waals surface area contributed by atoms with Crippen LogP contribution in [0.2, 0.25) is 0 Å². The molecular formula is C18H32N2O. The number of hydrogen-bond donors (Lipinski definition) is 0. The summed E-state index contributed by atoms with van der Waals surface area (Å²) in [6.07, 6.45) is 6.25. The van der Waals surface area contributed by atoms with E-state index in [0.717, 1.165) is 26.1 Å². The van der Waals surface area contributed by atoms with Crippen LogP contribution in [0, 0.1) is 17.3 Å². The van der Waals surface area contributed by atoms with Crippen molar-refractivity contribution in [3.05, 3.63) is 0 Å². The van der Waals surface area contributed by atoms with E-state index in [1.54, 1.807) is 0 Å². The van der Waals surface area contributed by atoms with E-state index in [1.807, 2.05) is 0 Å². The Kier molecular flexibility index (Phi) is 5.71. The SMILES string of the molecule is CC[C@]1(C)C[C@@]2(CCCN(CC#CCN(C)C)C2)CCO1. The second-order valence-corrected chi connectivity index (χ2v) is 7.48. The molecule has 0 N–H and O–H groups in total. The van der Waals surface area contributed by atoms with E-state index in [9.17, 15) is 0 Å². The fourth-order valence-corrected chi connectivity index (χ4v) is 3.85. The first kappa shape index (κ1) is 16.8. The largest absolute Gasteiger partial charge is 0.375 e. The fourth-order valence-electron chi connectivity index (χ4n) is 3.85. The average Bonchev–Trinajstić information content (AvgIpc) is 2.43. The van der Waals surface area contributed by atoms with Gasteiger partial charge in [-0.05, 0) is 65.1 Å². The van der Waals surface area contributed by atoms with Gasteiger partial charge in [0.1, 0.15) is 0 Å². The van der Waals surface area contributed by atoms with E-state index in [1.165, 1.54) is 38.8 Å². The maximum absolute atomic E-state index is 6.05. The standard InChI is InChI=1S/C18H32N2O/c1-5-17(2)15-18(10-14-21-17)9-8-13-20(16-18)12-7-6-11-19(3)4/h5,8-16H2,1-4H3/t17-,18-/m1/s1. The molecule has 0 bridgehead atoms. The second-order valence-electron chi connectivity index (χ2n) is 7.48. The molecule has 0 unspecified atom stereocenters. The van der Waals surface area contributed by atoms with E-state index in [2.05, 4.69) is 49.6 Å². The van der Waals surface area contributed by atoms with Crippen molar-refractivity contribution in [3.63, 3.8) is 0 Å². The number of hydrogen-bond acceptors (Lipinski definition) is 3. The Morgan fingerprint density at radius 2 is 2.05 bits per heavy atom. The number of nitrogens with zero attached hydrogens (tertiary/aromatic N) is 2. The Bertz CT molecular complexity index is 394. The molecule has 2 fully saturated rings. The zero-order valence-corrected chi connectivity index (χ0v) is 14.4. The van der Waals surface area contributed by atoms with Crippen LogP contribution >= 0.6 is 0 Å². The van der Waals surface area contributed by atoms with Gasteiger partial charge in [0.05, 0.1) is 18.7 Å². The Morgan fingerprint density at radius 1 is 1.24 bits per heavy atom. The lowest BCUT2D eigenvalue weighted by Crippen LogP contribution is -2.51. The molecule has 2 aliphatic rings. The zero-order valence-electron chi connectivity index (χ0n) is 14.4. The highest BCUT2D eigenvalue weighted by atomic mass is 16.5. The number of ether oxygens (including phenoxy) is 1. The van der Waals surface area contributed by atoms with Gasteiger partial charge in [-0.3, -0.25) is 9.80 Å². The number of rotatable bonds is 3. The highest BCUT2D eigenvalue weighted by Crippen LogP contribution is 2.45. The summed E-state index contributed by atoms with van der Waals surface area (Å²) in [5.74, 6) is 6.61. The molecule has 3 nitrogen and oxygen atoms in total. The zero-order chi connectivity index (χ0) is 15.3. The summed E-state index contributed by atoms with van der Waals surface area (Å²) in [6.45, 7) is 9.70. The van der Waals surface area contributed by atoms with Crippen LogP contribution in [-0.4, -0.2) is 62.3 Å². The molecule has 0 aromatic heterocycles. The van der Waals surface area contributed by atoms with Gasteiger partial charge in [-0.25, -0.2) is 0 Å². The van der Waals surface area contributed by atoms with Crippen LogP contribution in [-0.2, 0) is 4.74 Å². The van der Waals surface area contributed by atoms with Crippen molar-refractivity contribution in [2.45, 2.75) is 51.6 Å². The minimum atomic E-state index is 0.0951. The lowest BCUT2D eigenvalue weighted by Gasteiger charge is -2.50. The lowest BCUT2D eigenvalue weighted by atomic mass is 9.68. The Morgan fingerprint density at radius 3 is 2.76 bits per heavy atom. The summed E-state index contributed by atoms with van der Waals surface area (Å²) < 4.78 is 6.05. The van der Waals surface area contributed by atoms with E-state index in [-0.39, 0.29) is 5.60 Å². The molecule has 2 heterocycles. The minimum absolute atomic E-state index is 0.0951. The minimum Gasteiger partial charge on any atom is -0.375 e. The molecule has 0 radical (unpaired) electrons. The van der Waals surface area contributed by atoms with Crippen LogP contribution in [0.25, 0.3) is 0 Å². The van der Waals surface area contributed by atoms with Gasteiger partial charge in [0.25, 0.3) is 0 Å². The molecule has 2 aliphatic heterocycles. The molecular weight excluding hydrogens is 260 g/mol. The normalized spacial score (nSPS) is 34.0. The highest BCUT2D eigenvalue weighted by molar-refractivity contribution is 5.04. The maximum Gasteiger partial charge on any atom is 0.0657 e. The van der Waals surface area contributed by atoms with Crippen molar-refractivity contribution >= 4 is 0 Å². The molecule has 2 atom stereocenters. The first-order chi connectivity index (χ1) is 9.97. The fraction of sp³-hybridized carbons (Fsp3) is 0.889. The van der Waals surface area contributed by atoms with Gasteiger partial charge in [0.15, 0.2) is 0 Å². The van der Waals surface area contributed by atoms with Crippen molar-refractivity contribution in [2.75, 3.05) is 46.9 Å². The third kappa shape index (κ3) is 4.71. The van der Waals surface area contributed by atoms with Gasteiger partial charge in [-0.15, -0.1) is 0 Å². The molecule has 3 heteroatoms. The molecule has 0 saturated carbocycles. The Balaban J connectivity index is 1.91. The highest BCUT2D eigenvalue weighted by Gasteiger charge is 2.44. The maximum atomic E-state index is 6.05. The van der Waals surface area contributed by atoms with Crippen LogP contribution < -0.4 is 0 Å². The van der Waals surface area contributed by atoms with Gasteiger partial charge < -0.3 is 4.74 Å². The van der Waals surface area contributed by atoms with Gasteiger partial charge in [0, 0.05) is 13.2 Å². The predicted octanol–water partition coefficient (Wildman–Crippen LogP) is 2.61. The van der Waals surface area contributed by atoms with Crippen LogP contribution in [0.5, 0.6) is 0 Å². The molecule has 1 spiro atoms. The van der Waals surface area contributed by atoms with Crippen molar-refractivity contribution in [1.82, 2.24) is 9.80 Å². The monoisotopic (exact) mass is 292 g/mol. The van der Waals surface area contributed by atoms with Crippen LogP contribution in [0.15, 0.2) is 0 Å². The summed E-state index contributed by atoms with van der Waals surface area (Å²) >= 11 is 0. The molecule has 0 amide bonds. The molecule has 0 aromatic carbocycles. The summed E-state index contributed by atoms with van der Waals surface area (Å²) in [5.41, 5.74) is 0.572. The summed E-state index contributed by atoms with van der Waals surface area (Å²) in [5, 5.41) is 0. The van der Waals surface area contributed by atoms with Crippen LogP contribution in [0.4, 0.5) is 0 Å². The van der Waals surface area contributed by atoms with Gasteiger partial charge in [0.2, 0.25) is 0 Å². The molecule has 120 valence electrons. The Hall–Kier alpha value is -0.560. The topological polar surface area (TPSA) is 15.7 Å². The van der Waals surface area contributed by atoms with Crippen LogP contribution in [0.3, 0.4) is 0 Å². The predicted molar refractivity (Wildman–Crippen MR) is 88.3 cm³/mol. The van der Waals surface area contributed by atoms with Crippen molar-refractivity contribution < 1.29 is 4.74 Å². The smallest absolute Gasteiger partial charge is 0.0657 e. The number of piperidine rings is 1. The van der Waals surface area contributed by atoms with Crippen molar-refractivity contribution in [2.24, 2.45) is 5.41 Å². The van der Waals surface area contributed by atoms with E-state index < -0.39 is 0 Å². The summed E-state index contributed by atoms with van der Waals surface area (Å²) in [7, 11) is 4.14. The molecule has 2 rings (SSSR count). The van der Waals surface area contributed by atoms with Crippen molar-refractivity contribution in [3.8, 4) is 11.8 Å². The first-order valence-electron chi connectivity index (χ1n) is 8.44. The average molecular weight is 292 g/mol. The molecule has 0 aromatic rings. The van der Waals surface area contributed by atoms with Crippen LogP contribution in [0.1, 0.15) is 46.0 Å². The van der Waals surface area contributed by atoms with Crippen molar-refractivity contribution in [1.29, 1.82) is 0 Å². The summed E-state index contributed by atoms with van der Waals surface area (Å²) in [4.78, 5) is 4.68.